The number of carboxylic acid groups (broad SMARTS) is 1. The molecule has 0 bridgehead atoms. The molecule has 0 saturated heterocycles. The number of alkyl carbamates (subject to hydrolysis) is 1. The molecule has 0 radical (unpaired) electrons. The second-order valence-electron chi connectivity index (χ2n) is 5.75. The van der Waals surface area contributed by atoms with E-state index in [1.165, 1.54) is 0 Å². The number of carbonyl (C=O) groups excluding carboxylic acids is 1. The quantitative estimate of drug-likeness (QED) is 0.637. The maximum Gasteiger partial charge on any atom is 0.407 e. The van der Waals surface area contributed by atoms with Gasteiger partial charge in [-0.05, 0) is 24.0 Å². The smallest absolute Gasteiger partial charge is 0.407 e. The van der Waals surface area contributed by atoms with Gasteiger partial charge in [0.05, 0.1) is 6.61 Å². The molecular weight excluding hydrogens is 334 g/mol. The van der Waals surface area contributed by atoms with Crippen LogP contribution in [0.5, 0.6) is 0 Å². The Morgan fingerprint density at radius 2 is 1.50 bits per heavy atom. The third-order valence-electron chi connectivity index (χ3n) is 3.69. The van der Waals surface area contributed by atoms with Crippen LogP contribution in [0, 0.1) is 0 Å². The number of nitrogens with one attached hydrogen (secondary N) is 1. The Kier molecular flexibility index (Phi) is 8.15. The number of benzene rings is 2. The van der Waals surface area contributed by atoms with Gasteiger partial charge in [0.25, 0.3) is 0 Å². The molecule has 2 aromatic carbocycles. The fourth-order valence-corrected chi connectivity index (χ4v) is 2.30. The predicted molar refractivity (Wildman–Crippen MR) is 96.5 cm³/mol. The number of amides is 1. The van der Waals surface area contributed by atoms with Crippen molar-refractivity contribution in [3.8, 4) is 0 Å². The molecule has 0 aliphatic heterocycles. The van der Waals surface area contributed by atoms with Gasteiger partial charge in [-0.25, -0.2) is 9.59 Å². The first-order valence-electron chi connectivity index (χ1n) is 8.48. The van der Waals surface area contributed by atoms with Crippen molar-refractivity contribution in [1.29, 1.82) is 0 Å². The first-order chi connectivity index (χ1) is 12.6. The zero-order valence-electron chi connectivity index (χ0n) is 14.5. The van der Waals surface area contributed by atoms with E-state index in [4.69, 9.17) is 9.47 Å². The number of carbonyl (C=O) groups is 2. The first-order valence-corrected chi connectivity index (χ1v) is 8.48. The van der Waals surface area contributed by atoms with Crippen LogP contribution in [0.25, 0.3) is 0 Å². The van der Waals surface area contributed by atoms with Gasteiger partial charge in [-0.15, -0.1) is 0 Å². The van der Waals surface area contributed by atoms with Gasteiger partial charge in [-0.2, -0.15) is 0 Å². The maximum absolute atomic E-state index is 11.6. The fraction of sp³-hybridized carbons (Fsp3) is 0.300. The maximum atomic E-state index is 11.6. The molecule has 1 unspecified atom stereocenters. The van der Waals surface area contributed by atoms with E-state index in [0.29, 0.717) is 19.4 Å². The normalized spacial score (nSPS) is 11.5. The molecule has 2 N–H and O–H groups in total. The lowest BCUT2D eigenvalue weighted by Crippen LogP contribution is -2.28. The molecule has 0 spiro atoms. The van der Waals surface area contributed by atoms with Crippen molar-refractivity contribution in [1.82, 2.24) is 5.32 Å². The number of carboxylic acids is 1. The number of ether oxygens (including phenoxy) is 2. The van der Waals surface area contributed by atoms with Gasteiger partial charge in [0.15, 0.2) is 6.10 Å². The minimum atomic E-state index is -1.01. The Morgan fingerprint density at radius 3 is 2.08 bits per heavy atom. The molecular formula is C20H23NO5. The average molecular weight is 357 g/mol. The van der Waals surface area contributed by atoms with Crippen LogP contribution in [-0.4, -0.2) is 29.8 Å². The molecule has 6 heteroatoms. The highest BCUT2D eigenvalue weighted by molar-refractivity contribution is 5.72. The lowest BCUT2D eigenvalue weighted by atomic mass is 10.2. The molecule has 0 heterocycles. The van der Waals surface area contributed by atoms with Gasteiger partial charge in [-0.3, -0.25) is 0 Å². The van der Waals surface area contributed by atoms with Crippen LogP contribution in [0.1, 0.15) is 24.0 Å². The zero-order valence-corrected chi connectivity index (χ0v) is 14.5. The van der Waals surface area contributed by atoms with Crippen molar-refractivity contribution in [2.75, 3.05) is 6.54 Å². The van der Waals surface area contributed by atoms with E-state index in [1.54, 1.807) is 0 Å². The van der Waals surface area contributed by atoms with Crippen molar-refractivity contribution in [3.63, 3.8) is 0 Å². The van der Waals surface area contributed by atoms with Gasteiger partial charge < -0.3 is 19.9 Å². The molecule has 0 aliphatic carbocycles. The second kappa shape index (κ2) is 10.9. The molecule has 0 aliphatic rings. The highest BCUT2D eigenvalue weighted by atomic mass is 16.5. The molecule has 2 rings (SSSR count). The Morgan fingerprint density at radius 1 is 0.923 bits per heavy atom. The van der Waals surface area contributed by atoms with E-state index in [1.807, 2.05) is 60.7 Å². The third-order valence-corrected chi connectivity index (χ3v) is 3.69. The van der Waals surface area contributed by atoms with Crippen LogP contribution in [0.2, 0.25) is 0 Å². The summed E-state index contributed by atoms with van der Waals surface area (Å²) in [5.74, 6) is -1.01. The molecule has 6 nitrogen and oxygen atoms in total. The van der Waals surface area contributed by atoms with Crippen molar-refractivity contribution in [2.24, 2.45) is 0 Å². The monoisotopic (exact) mass is 357 g/mol. The van der Waals surface area contributed by atoms with Crippen molar-refractivity contribution >= 4 is 12.1 Å². The highest BCUT2D eigenvalue weighted by Crippen LogP contribution is 2.08. The number of aliphatic carboxylic acids is 1. The van der Waals surface area contributed by atoms with E-state index in [9.17, 15) is 14.7 Å². The average Bonchev–Trinajstić information content (AvgIpc) is 2.67. The highest BCUT2D eigenvalue weighted by Gasteiger charge is 2.17. The van der Waals surface area contributed by atoms with E-state index in [2.05, 4.69) is 5.32 Å². The van der Waals surface area contributed by atoms with Crippen molar-refractivity contribution in [3.05, 3.63) is 71.8 Å². The van der Waals surface area contributed by atoms with Crippen molar-refractivity contribution < 1.29 is 24.2 Å². The largest absolute Gasteiger partial charge is 0.479 e. The van der Waals surface area contributed by atoms with Gasteiger partial charge in [-0.1, -0.05) is 60.7 Å². The Hall–Kier alpha value is -2.86. The minimum Gasteiger partial charge on any atom is -0.479 e. The van der Waals surface area contributed by atoms with Crippen LogP contribution in [0.4, 0.5) is 4.79 Å². The molecule has 26 heavy (non-hydrogen) atoms. The van der Waals surface area contributed by atoms with Gasteiger partial charge >= 0.3 is 12.1 Å². The summed E-state index contributed by atoms with van der Waals surface area (Å²) >= 11 is 0. The molecule has 2 aromatic rings. The molecule has 138 valence electrons. The summed E-state index contributed by atoms with van der Waals surface area (Å²) < 4.78 is 10.5. The van der Waals surface area contributed by atoms with Crippen LogP contribution in [-0.2, 0) is 27.5 Å². The summed E-state index contributed by atoms with van der Waals surface area (Å²) in [5.41, 5.74) is 1.82. The third kappa shape index (κ3) is 7.36. The second-order valence-corrected chi connectivity index (χ2v) is 5.75. The number of hydrogen-bond donors (Lipinski definition) is 2. The topological polar surface area (TPSA) is 84.9 Å². The standard InChI is InChI=1S/C20H23NO5/c22-19(23)18(25-14-16-8-3-1-4-9-16)12-7-13-21-20(24)26-15-17-10-5-2-6-11-17/h1-6,8-11,18H,7,12-15H2,(H,21,24)(H,22,23). The summed E-state index contributed by atoms with van der Waals surface area (Å²) in [6.07, 6.45) is -0.642. The number of hydrogen-bond acceptors (Lipinski definition) is 4. The lowest BCUT2D eigenvalue weighted by molar-refractivity contribution is -0.151. The van der Waals surface area contributed by atoms with Gasteiger partial charge in [0.1, 0.15) is 6.61 Å². The van der Waals surface area contributed by atoms with E-state index < -0.39 is 18.2 Å². The van der Waals surface area contributed by atoms with Gasteiger partial charge in [0.2, 0.25) is 0 Å². The summed E-state index contributed by atoms with van der Waals surface area (Å²) in [6.45, 7) is 0.765. The predicted octanol–water partition coefficient (Wildman–Crippen LogP) is 3.36. The van der Waals surface area contributed by atoms with Crippen LogP contribution in [0.3, 0.4) is 0 Å². The van der Waals surface area contributed by atoms with Crippen molar-refractivity contribution in [2.45, 2.75) is 32.2 Å². The summed E-state index contributed by atoms with van der Waals surface area (Å²) in [5, 5.41) is 11.8. The Labute approximate surface area is 152 Å². The van der Waals surface area contributed by atoms with E-state index in [0.717, 1.165) is 11.1 Å². The van der Waals surface area contributed by atoms with Gasteiger partial charge in [0, 0.05) is 6.54 Å². The summed E-state index contributed by atoms with van der Waals surface area (Å²) in [4.78, 5) is 22.9. The lowest BCUT2D eigenvalue weighted by Gasteiger charge is -2.14. The molecule has 1 atom stereocenters. The fourth-order valence-electron chi connectivity index (χ4n) is 2.30. The molecule has 0 saturated carbocycles. The minimum absolute atomic E-state index is 0.199. The number of rotatable bonds is 10. The van der Waals surface area contributed by atoms with Crippen LogP contribution < -0.4 is 5.32 Å². The van der Waals surface area contributed by atoms with E-state index in [-0.39, 0.29) is 13.2 Å². The van der Waals surface area contributed by atoms with Crippen LogP contribution >= 0.6 is 0 Å². The molecule has 1 amide bonds. The SMILES string of the molecule is O=C(NCCCC(OCc1ccccc1)C(=O)O)OCc1ccccc1. The summed E-state index contributed by atoms with van der Waals surface area (Å²) in [6, 6.07) is 18.8. The Bertz CT molecular complexity index is 675. The van der Waals surface area contributed by atoms with Crippen LogP contribution in [0.15, 0.2) is 60.7 Å². The first kappa shape index (κ1) is 19.5. The molecule has 0 aromatic heterocycles. The zero-order chi connectivity index (χ0) is 18.6. The Balaban J connectivity index is 1.62. The van der Waals surface area contributed by atoms with E-state index >= 15 is 0 Å². The molecule has 0 fully saturated rings. The summed E-state index contributed by atoms with van der Waals surface area (Å²) in [7, 11) is 0.